The molecule has 1 N–H and O–H groups in total. The van der Waals surface area contributed by atoms with Crippen LogP contribution in [0.3, 0.4) is 0 Å². The first kappa shape index (κ1) is 20.2. The molecular formula is C20H25N3O4S. The van der Waals surface area contributed by atoms with E-state index in [1.807, 2.05) is 30.3 Å². The number of carbonyl (C=O) groups excluding carboxylic acids is 1. The lowest BCUT2D eigenvalue weighted by molar-refractivity contribution is -0.132. The Kier molecular flexibility index (Phi) is 6.21. The molecule has 1 aliphatic rings. The maximum absolute atomic E-state index is 12.7. The van der Waals surface area contributed by atoms with E-state index >= 15 is 0 Å². The number of anilines is 1. The molecule has 1 aliphatic heterocycles. The Balaban J connectivity index is 1.58. The molecule has 0 spiro atoms. The standard InChI is InChI=1S/C20H25N3O4S/c1-16(21-28(25,26)19-10-8-18(27-2)9-11-19)20(24)23-14-12-22(13-15-23)17-6-4-3-5-7-17/h3-11,16,21H,12-15H2,1-2H3/t16-/m0/s1. The average molecular weight is 404 g/mol. The number of nitrogens with one attached hydrogen (secondary N) is 1. The van der Waals surface area contributed by atoms with E-state index in [-0.39, 0.29) is 10.8 Å². The summed E-state index contributed by atoms with van der Waals surface area (Å²) >= 11 is 0. The number of benzene rings is 2. The normalized spacial score (nSPS) is 15.9. The Morgan fingerprint density at radius 1 is 1.00 bits per heavy atom. The van der Waals surface area contributed by atoms with Crippen LogP contribution in [-0.4, -0.2) is 58.6 Å². The van der Waals surface area contributed by atoms with Gasteiger partial charge in [0.25, 0.3) is 0 Å². The van der Waals surface area contributed by atoms with Crippen molar-refractivity contribution in [3.63, 3.8) is 0 Å². The van der Waals surface area contributed by atoms with E-state index in [9.17, 15) is 13.2 Å². The number of hydrogen-bond acceptors (Lipinski definition) is 5. The van der Waals surface area contributed by atoms with Gasteiger partial charge >= 0.3 is 0 Å². The zero-order chi connectivity index (χ0) is 20.1. The Labute approximate surface area is 166 Å². The number of methoxy groups -OCH3 is 1. The van der Waals surface area contributed by atoms with Gasteiger partial charge in [-0.2, -0.15) is 4.72 Å². The molecule has 28 heavy (non-hydrogen) atoms. The van der Waals surface area contributed by atoms with Crippen LogP contribution < -0.4 is 14.4 Å². The lowest BCUT2D eigenvalue weighted by Crippen LogP contribution is -2.54. The first-order valence-corrected chi connectivity index (χ1v) is 10.6. The second kappa shape index (κ2) is 8.62. The second-order valence-corrected chi connectivity index (χ2v) is 8.38. The number of hydrogen-bond donors (Lipinski definition) is 1. The molecule has 0 saturated carbocycles. The summed E-state index contributed by atoms with van der Waals surface area (Å²) < 4.78 is 32.6. The van der Waals surface area contributed by atoms with Crippen molar-refractivity contribution in [1.82, 2.24) is 9.62 Å². The van der Waals surface area contributed by atoms with Gasteiger partial charge in [-0.1, -0.05) is 18.2 Å². The molecule has 8 heteroatoms. The third kappa shape index (κ3) is 4.63. The van der Waals surface area contributed by atoms with Crippen LogP contribution in [-0.2, 0) is 14.8 Å². The van der Waals surface area contributed by atoms with Gasteiger partial charge in [0.1, 0.15) is 5.75 Å². The molecular weight excluding hydrogens is 378 g/mol. The lowest BCUT2D eigenvalue weighted by Gasteiger charge is -2.37. The summed E-state index contributed by atoms with van der Waals surface area (Å²) in [6.07, 6.45) is 0. The fourth-order valence-corrected chi connectivity index (χ4v) is 4.40. The monoisotopic (exact) mass is 403 g/mol. The van der Waals surface area contributed by atoms with Gasteiger partial charge in [-0.05, 0) is 43.3 Å². The topological polar surface area (TPSA) is 78.9 Å². The minimum atomic E-state index is -3.79. The van der Waals surface area contributed by atoms with E-state index in [4.69, 9.17) is 4.74 Å². The lowest BCUT2D eigenvalue weighted by atomic mass is 10.2. The molecule has 2 aromatic carbocycles. The van der Waals surface area contributed by atoms with Crippen LogP contribution in [0.25, 0.3) is 0 Å². The van der Waals surface area contributed by atoms with Crippen molar-refractivity contribution in [2.75, 3.05) is 38.2 Å². The van der Waals surface area contributed by atoms with Gasteiger partial charge in [-0.3, -0.25) is 4.79 Å². The van der Waals surface area contributed by atoms with E-state index in [1.165, 1.54) is 19.2 Å². The minimum Gasteiger partial charge on any atom is -0.497 e. The molecule has 1 amide bonds. The van der Waals surface area contributed by atoms with Gasteiger partial charge in [0.15, 0.2) is 0 Å². The van der Waals surface area contributed by atoms with E-state index < -0.39 is 16.1 Å². The van der Waals surface area contributed by atoms with Crippen LogP contribution >= 0.6 is 0 Å². The highest BCUT2D eigenvalue weighted by Crippen LogP contribution is 2.18. The number of piperazine rings is 1. The number of nitrogens with zero attached hydrogens (tertiary/aromatic N) is 2. The fraction of sp³-hybridized carbons (Fsp3) is 0.350. The molecule has 3 rings (SSSR count). The Morgan fingerprint density at radius 2 is 1.61 bits per heavy atom. The first-order valence-electron chi connectivity index (χ1n) is 9.16. The SMILES string of the molecule is COc1ccc(S(=O)(=O)N[C@@H](C)C(=O)N2CCN(c3ccccc3)CC2)cc1. The maximum Gasteiger partial charge on any atom is 0.241 e. The highest BCUT2D eigenvalue weighted by Gasteiger charge is 2.28. The molecule has 1 fully saturated rings. The van der Waals surface area contributed by atoms with Crippen molar-refractivity contribution in [2.24, 2.45) is 0 Å². The Bertz CT molecular complexity index is 893. The molecule has 0 bridgehead atoms. The third-order valence-electron chi connectivity index (χ3n) is 4.78. The van der Waals surface area contributed by atoms with Crippen LogP contribution in [0, 0.1) is 0 Å². The summed E-state index contributed by atoms with van der Waals surface area (Å²) in [5.41, 5.74) is 1.13. The van der Waals surface area contributed by atoms with Gasteiger partial charge in [0.05, 0.1) is 18.0 Å². The molecule has 0 radical (unpaired) electrons. The molecule has 1 heterocycles. The number of ether oxygens (including phenoxy) is 1. The van der Waals surface area contributed by atoms with Crippen LogP contribution in [0.4, 0.5) is 5.69 Å². The highest BCUT2D eigenvalue weighted by molar-refractivity contribution is 7.89. The van der Waals surface area contributed by atoms with Crippen LogP contribution in [0.2, 0.25) is 0 Å². The van der Waals surface area contributed by atoms with Crippen LogP contribution in [0.5, 0.6) is 5.75 Å². The van der Waals surface area contributed by atoms with Gasteiger partial charge in [-0.15, -0.1) is 0 Å². The van der Waals surface area contributed by atoms with Crippen molar-refractivity contribution in [2.45, 2.75) is 17.9 Å². The largest absolute Gasteiger partial charge is 0.497 e. The second-order valence-electron chi connectivity index (χ2n) is 6.67. The molecule has 150 valence electrons. The van der Waals surface area contributed by atoms with E-state index in [0.29, 0.717) is 31.9 Å². The summed E-state index contributed by atoms with van der Waals surface area (Å²) in [5.74, 6) is 0.351. The first-order chi connectivity index (χ1) is 13.4. The molecule has 2 aromatic rings. The van der Waals surface area contributed by atoms with Crippen molar-refractivity contribution >= 4 is 21.6 Å². The molecule has 1 atom stereocenters. The van der Waals surface area contributed by atoms with Crippen molar-refractivity contribution in [1.29, 1.82) is 0 Å². The maximum atomic E-state index is 12.7. The zero-order valence-electron chi connectivity index (χ0n) is 16.0. The van der Waals surface area contributed by atoms with Crippen molar-refractivity contribution in [3.8, 4) is 5.75 Å². The number of sulfonamides is 1. The highest BCUT2D eigenvalue weighted by atomic mass is 32.2. The van der Waals surface area contributed by atoms with E-state index in [1.54, 1.807) is 24.0 Å². The van der Waals surface area contributed by atoms with Gasteiger partial charge in [0.2, 0.25) is 15.9 Å². The molecule has 0 unspecified atom stereocenters. The summed E-state index contributed by atoms with van der Waals surface area (Å²) in [5, 5.41) is 0. The van der Waals surface area contributed by atoms with E-state index in [2.05, 4.69) is 9.62 Å². The molecule has 0 aromatic heterocycles. The molecule has 0 aliphatic carbocycles. The summed E-state index contributed by atoms with van der Waals surface area (Å²) in [7, 11) is -2.27. The van der Waals surface area contributed by atoms with Crippen LogP contribution in [0.15, 0.2) is 59.5 Å². The van der Waals surface area contributed by atoms with Gasteiger partial charge < -0.3 is 14.5 Å². The average Bonchev–Trinajstić information content (AvgIpc) is 2.73. The zero-order valence-corrected chi connectivity index (χ0v) is 16.9. The predicted molar refractivity (Wildman–Crippen MR) is 108 cm³/mol. The number of para-hydroxylation sites is 1. The molecule has 7 nitrogen and oxygen atoms in total. The smallest absolute Gasteiger partial charge is 0.241 e. The quantitative estimate of drug-likeness (QED) is 0.794. The Morgan fingerprint density at radius 3 is 2.18 bits per heavy atom. The minimum absolute atomic E-state index is 0.0989. The number of carbonyl (C=O) groups is 1. The van der Waals surface area contributed by atoms with E-state index in [0.717, 1.165) is 5.69 Å². The van der Waals surface area contributed by atoms with Crippen molar-refractivity contribution in [3.05, 3.63) is 54.6 Å². The van der Waals surface area contributed by atoms with Crippen molar-refractivity contribution < 1.29 is 17.9 Å². The Hall–Kier alpha value is -2.58. The fourth-order valence-electron chi connectivity index (χ4n) is 3.20. The van der Waals surface area contributed by atoms with Crippen LogP contribution in [0.1, 0.15) is 6.92 Å². The molecule has 1 saturated heterocycles. The summed E-state index contributed by atoms with van der Waals surface area (Å²) in [6, 6.07) is 15.3. The van der Waals surface area contributed by atoms with Gasteiger partial charge in [-0.25, -0.2) is 8.42 Å². The summed E-state index contributed by atoms with van der Waals surface area (Å²) in [4.78, 5) is 16.7. The number of amides is 1. The third-order valence-corrected chi connectivity index (χ3v) is 6.34. The summed E-state index contributed by atoms with van der Waals surface area (Å²) in [6.45, 7) is 4.12. The predicted octanol–water partition coefficient (Wildman–Crippen LogP) is 1.71. The number of rotatable bonds is 6. The van der Waals surface area contributed by atoms with Gasteiger partial charge in [0, 0.05) is 31.9 Å².